The lowest BCUT2D eigenvalue weighted by molar-refractivity contribution is -0.166. The molecule has 11 heteroatoms. The molecule has 0 bridgehead atoms. The Morgan fingerprint density at radius 1 is 1.03 bits per heavy atom. The number of carbonyl (C=O) groups excluding carboxylic acids is 5. The van der Waals surface area contributed by atoms with E-state index >= 15 is 0 Å². The summed E-state index contributed by atoms with van der Waals surface area (Å²) in [5.74, 6) is -2.73. The lowest BCUT2D eigenvalue weighted by atomic mass is 9.95. The normalized spacial score (nSPS) is 24.6. The molecule has 0 aromatic heterocycles. The van der Waals surface area contributed by atoms with E-state index in [-0.39, 0.29) is 11.1 Å². The molecule has 2 saturated heterocycles. The number of thioether (sulfide) groups is 1. The first-order valence-corrected chi connectivity index (χ1v) is 12.2. The smallest absolute Gasteiger partial charge is 0.332 e. The zero-order valence-electron chi connectivity index (χ0n) is 19.5. The number of rotatable bonds is 6. The van der Waals surface area contributed by atoms with E-state index in [0.29, 0.717) is 5.56 Å². The van der Waals surface area contributed by atoms with Crippen molar-refractivity contribution in [2.24, 2.45) is 5.73 Å². The third kappa shape index (κ3) is 3.75. The summed E-state index contributed by atoms with van der Waals surface area (Å²) >= 11 is 1.37. The van der Waals surface area contributed by atoms with E-state index < -0.39 is 64.6 Å². The molecule has 3 aliphatic rings. The van der Waals surface area contributed by atoms with E-state index in [9.17, 15) is 24.0 Å². The van der Waals surface area contributed by atoms with Crippen molar-refractivity contribution < 1.29 is 28.7 Å². The number of benzene rings is 2. The van der Waals surface area contributed by atoms with Gasteiger partial charge in [0.15, 0.2) is 6.73 Å². The fraction of sp³-hybridized carbons (Fsp3) is 0.320. The van der Waals surface area contributed by atoms with Gasteiger partial charge < -0.3 is 20.7 Å². The quantitative estimate of drug-likeness (QED) is 0.335. The lowest BCUT2D eigenvalue weighted by Gasteiger charge is -2.44. The fourth-order valence-corrected chi connectivity index (χ4v) is 6.37. The summed E-state index contributed by atoms with van der Waals surface area (Å²) in [4.78, 5) is 66.1. The van der Waals surface area contributed by atoms with E-state index in [1.165, 1.54) is 28.8 Å². The number of carbonyl (C=O) groups is 5. The molecule has 0 radical (unpaired) electrons. The number of nitrogens with one attached hydrogen (secondary N) is 1. The van der Waals surface area contributed by atoms with Crippen LogP contribution in [0.2, 0.25) is 0 Å². The summed E-state index contributed by atoms with van der Waals surface area (Å²) in [6.07, 6.45) is 0. The van der Waals surface area contributed by atoms with Crippen LogP contribution in [0.5, 0.6) is 0 Å². The van der Waals surface area contributed by atoms with Crippen LogP contribution >= 0.6 is 11.8 Å². The molecule has 36 heavy (non-hydrogen) atoms. The highest BCUT2D eigenvalue weighted by atomic mass is 32.2. The maximum Gasteiger partial charge on any atom is 0.332 e. The van der Waals surface area contributed by atoms with Gasteiger partial charge in [-0.3, -0.25) is 19.2 Å². The number of amides is 4. The predicted octanol–water partition coefficient (Wildman–Crippen LogP) is 1.03. The van der Waals surface area contributed by atoms with Gasteiger partial charge in [-0.2, -0.15) is 0 Å². The average Bonchev–Trinajstić information content (AvgIpc) is 3.28. The SMILES string of the molecule is CC1(C)S[C@@H]2[C@H](NC(=O)[C@@H](N)c3ccccc3)C(=O)N2[C@H]1C(=O)OCN1C(=O)c2ccccc2C1=O. The largest absolute Gasteiger partial charge is 0.442 e. The zero-order valence-corrected chi connectivity index (χ0v) is 20.4. The molecular weight excluding hydrogens is 484 g/mol. The van der Waals surface area contributed by atoms with Crippen molar-refractivity contribution in [2.75, 3.05) is 6.73 Å². The van der Waals surface area contributed by atoms with Crippen LogP contribution in [0.4, 0.5) is 0 Å². The molecule has 10 nitrogen and oxygen atoms in total. The number of imide groups is 1. The van der Waals surface area contributed by atoms with Crippen molar-refractivity contribution >= 4 is 41.4 Å². The monoisotopic (exact) mass is 508 g/mol. The Labute approximate surface area is 211 Å². The first-order chi connectivity index (χ1) is 17.1. The summed E-state index contributed by atoms with van der Waals surface area (Å²) in [6, 6.07) is 12.5. The van der Waals surface area contributed by atoms with Gasteiger partial charge in [-0.1, -0.05) is 42.5 Å². The highest BCUT2D eigenvalue weighted by Crippen LogP contribution is 2.51. The molecule has 3 aliphatic heterocycles. The third-order valence-corrected chi connectivity index (χ3v) is 8.19. The van der Waals surface area contributed by atoms with E-state index in [1.807, 2.05) is 6.07 Å². The van der Waals surface area contributed by atoms with Gasteiger partial charge in [0.2, 0.25) is 11.8 Å². The molecule has 186 valence electrons. The first-order valence-electron chi connectivity index (χ1n) is 11.3. The number of ether oxygens (including phenoxy) is 1. The molecule has 0 unspecified atom stereocenters. The molecule has 0 spiro atoms. The Kier molecular flexibility index (Phi) is 5.84. The Balaban J connectivity index is 1.24. The molecule has 0 aliphatic carbocycles. The second kappa shape index (κ2) is 8.75. The molecule has 3 N–H and O–H groups in total. The third-order valence-electron chi connectivity index (χ3n) is 6.62. The summed E-state index contributed by atoms with van der Waals surface area (Å²) in [7, 11) is 0. The molecule has 4 atom stereocenters. The van der Waals surface area contributed by atoms with Gasteiger partial charge in [0.05, 0.1) is 11.1 Å². The molecular formula is C25H24N4O6S. The number of nitrogens with zero attached hydrogens (tertiary/aromatic N) is 2. The lowest BCUT2D eigenvalue weighted by Crippen LogP contribution is -2.71. The summed E-state index contributed by atoms with van der Waals surface area (Å²) < 4.78 is 4.63. The Morgan fingerprint density at radius 2 is 1.61 bits per heavy atom. The zero-order chi connectivity index (χ0) is 25.8. The van der Waals surface area contributed by atoms with Crippen LogP contribution < -0.4 is 11.1 Å². The Bertz CT molecular complexity index is 1250. The number of nitrogens with two attached hydrogens (primary N) is 1. The minimum Gasteiger partial charge on any atom is -0.442 e. The average molecular weight is 509 g/mol. The van der Waals surface area contributed by atoms with Crippen LogP contribution in [0, 0.1) is 0 Å². The molecule has 4 amide bonds. The number of β-lactam (4-membered cyclic amide) rings is 1. The second-order valence-corrected chi connectivity index (χ2v) is 11.1. The Hall–Kier alpha value is -3.70. The minimum atomic E-state index is -0.953. The summed E-state index contributed by atoms with van der Waals surface area (Å²) in [5.41, 5.74) is 7.17. The van der Waals surface area contributed by atoms with Crippen molar-refractivity contribution in [3.05, 3.63) is 71.3 Å². The van der Waals surface area contributed by atoms with Crippen LogP contribution in [0.25, 0.3) is 0 Å². The van der Waals surface area contributed by atoms with Crippen LogP contribution in [0.3, 0.4) is 0 Å². The van der Waals surface area contributed by atoms with Gasteiger partial charge in [0.25, 0.3) is 11.8 Å². The number of hydrogen-bond acceptors (Lipinski definition) is 8. The van der Waals surface area contributed by atoms with Crippen molar-refractivity contribution in [3.63, 3.8) is 0 Å². The minimum absolute atomic E-state index is 0.251. The molecule has 3 heterocycles. The van der Waals surface area contributed by atoms with E-state index in [1.54, 1.807) is 50.2 Å². The number of hydrogen-bond donors (Lipinski definition) is 2. The van der Waals surface area contributed by atoms with E-state index in [2.05, 4.69) is 5.32 Å². The Morgan fingerprint density at radius 3 is 2.22 bits per heavy atom. The summed E-state index contributed by atoms with van der Waals surface area (Å²) in [6.45, 7) is 3.04. The standard InChI is InChI=1S/C25H24N4O6S/c1-25(2)18(24(34)35-12-28-20(31)14-10-6-7-11-15(14)21(28)32)29-22(33)17(23(29)36-25)27-19(30)16(26)13-8-4-3-5-9-13/h3-11,16-18,23H,12,26H2,1-2H3,(H,27,30)/t16-,17+,18-,23+/m0/s1. The highest BCUT2D eigenvalue weighted by molar-refractivity contribution is 8.01. The van der Waals surface area contributed by atoms with Crippen LogP contribution in [-0.4, -0.2) is 68.3 Å². The van der Waals surface area contributed by atoms with Crippen molar-refractivity contribution in [1.82, 2.24) is 15.1 Å². The van der Waals surface area contributed by atoms with Gasteiger partial charge in [-0.25, -0.2) is 9.69 Å². The molecule has 2 aromatic carbocycles. The van der Waals surface area contributed by atoms with Crippen LogP contribution in [0.15, 0.2) is 54.6 Å². The molecule has 2 aromatic rings. The van der Waals surface area contributed by atoms with E-state index in [4.69, 9.17) is 10.5 Å². The number of esters is 1. The van der Waals surface area contributed by atoms with Gasteiger partial charge in [-0.15, -0.1) is 11.8 Å². The molecule has 2 fully saturated rings. The summed E-state index contributed by atoms with van der Waals surface area (Å²) in [5, 5.41) is 2.23. The van der Waals surface area contributed by atoms with Gasteiger partial charge in [-0.05, 0) is 31.5 Å². The molecule has 0 saturated carbocycles. The topological polar surface area (TPSA) is 139 Å². The van der Waals surface area contributed by atoms with Gasteiger partial charge in [0, 0.05) is 4.75 Å². The van der Waals surface area contributed by atoms with Crippen molar-refractivity contribution in [3.8, 4) is 0 Å². The predicted molar refractivity (Wildman–Crippen MR) is 129 cm³/mol. The van der Waals surface area contributed by atoms with Crippen molar-refractivity contribution in [1.29, 1.82) is 0 Å². The van der Waals surface area contributed by atoms with E-state index in [0.717, 1.165) is 4.90 Å². The molecule has 5 rings (SSSR count). The van der Waals surface area contributed by atoms with Crippen LogP contribution in [-0.2, 0) is 19.1 Å². The van der Waals surface area contributed by atoms with Gasteiger partial charge in [0.1, 0.15) is 23.5 Å². The highest BCUT2D eigenvalue weighted by Gasteiger charge is 2.64. The second-order valence-electron chi connectivity index (χ2n) is 9.31. The first kappa shape index (κ1) is 24.0. The fourth-order valence-electron chi connectivity index (χ4n) is 4.74. The maximum atomic E-state index is 13.1. The number of fused-ring (bicyclic) bond motifs is 2. The maximum absolute atomic E-state index is 13.1. The van der Waals surface area contributed by atoms with Crippen molar-refractivity contribution in [2.45, 2.75) is 42.1 Å². The van der Waals surface area contributed by atoms with Crippen LogP contribution in [0.1, 0.15) is 46.2 Å². The van der Waals surface area contributed by atoms with Gasteiger partial charge >= 0.3 is 5.97 Å².